The molecule has 0 unspecified atom stereocenters. The first-order valence-corrected chi connectivity index (χ1v) is 11.1. The molecule has 0 saturated carbocycles. The number of nitrogens with one attached hydrogen (secondary N) is 1. The van der Waals surface area contributed by atoms with Crippen molar-refractivity contribution in [3.05, 3.63) is 82.0 Å². The van der Waals surface area contributed by atoms with Crippen LogP contribution < -0.4 is 5.32 Å². The van der Waals surface area contributed by atoms with Gasteiger partial charge in [0.1, 0.15) is 0 Å². The summed E-state index contributed by atoms with van der Waals surface area (Å²) in [6.45, 7) is 0.721. The number of hydrogen-bond acceptors (Lipinski definition) is 4. The topological polar surface area (TPSA) is 62.3 Å². The Hall–Kier alpha value is -2.54. The van der Waals surface area contributed by atoms with Gasteiger partial charge in [-0.25, -0.2) is 0 Å². The van der Waals surface area contributed by atoms with E-state index in [1.807, 2.05) is 18.2 Å². The van der Waals surface area contributed by atoms with Crippen LogP contribution in [0.3, 0.4) is 0 Å². The van der Waals surface area contributed by atoms with Crippen molar-refractivity contribution < 1.29 is 9.59 Å². The number of rotatable bonds is 4. The first-order chi connectivity index (χ1) is 14.5. The number of pyridine rings is 1. The minimum absolute atomic E-state index is 0.0773. The molecule has 152 valence electrons. The highest BCUT2D eigenvalue weighted by molar-refractivity contribution is 7.99. The first kappa shape index (κ1) is 20.7. The zero-order chi connectivity index (χ0) is 21.1. The van der Waals surface area contributed by atoms with Gasteiger partial charge in [0.2, 0.25) is 0 Å². The van der Waals surface area contributed by atoms with E-state index in [2.05, 4.69) is 10.3 Å². The fraction of sp³-hybridized carbons (Fsp3) is 0.136. The van der Waals surface area contributed by atoms with Crippen molar-refractivity contribution in [1.29, 1.82) is 0 Å². The largest absolute Gasteiger partial charge is 0.329 e. The van der Waals surface area contributed by atoms with Crippen LogP contribution in [0.1, 0.15) is 20.7 Å². The molecule has 3 aromatic rings. The number of carbonyl (C=O) groups excluding carboxylic acids is 2. The Morgan fingerprint density at radius 2 is 1.90 bits per heavy atom. The van der Waals surface area contributed by atoms with Crippen LogP contribution in [0, 0.1) is 0 Å². The molecule has 2 aromatic carbocycles. The zero-order valence-electron chi connectivity index (χ0n) is 15.8. The smallest absolute Gasteiger partial charge is 0.257 e. The number of amides is 2. The van der Waals surface area contributed by atoms with Gasteiger partial charge in [-0.3, -0.25) is 14.6 Å². The lowest BCUT2D eigenvalue weighted by atomic mass is 10.1. The van der Waals surface area contributed by atoms with Gasteiger partial charge in [0.15, 0.2) is 0 Å². The number of aromatic nitrogens is 1. The van der Waals surface area contributed by atoms with Gasteiger partial charge >= 0.3 is 0 Å². The van der Waals surface area contributed by atoms with Gasteiger partial charge in [-0.05, 0) is 48.5 Å². The molecule has 1 aromatic heterocycles. The molecule has 30 heavy (non-hydrogen) atoms. The summed E-state index contributed by atoms with van der Waals surface area (Å²) in [5, 5.41) is 3.59. The van der Waals surface area contributed by atoms with Crippen LogP contribution >= 0.6 is 35.0 Å². The standard InChI is InChI=1S/C22H17Cl2N3O2S/c23-18-7-5-15(12-17(18)20-3-1-2-8-25-20)26-21(28)16-6-4-14(11-19(16)24)22(29)27-9-10-30-13-27/h1-8,11-12H,9-10,13H2,(H,26,28). The van der Waals surface area contributed by atoms with E-state index in [9.17, 15) is 9.59 Å². The molecule has 2 amide bonds. The number of anilines is 1. The molecule has 0 spiro atoms. The third-order valence-electron chi connectivity index (χ3n) is 4.67. The highest BCUT2D eigenvalue weighted by Crippen LogP contribution is 2.30. The molecular weight excluding hydrogens is 441 g/mol. The number of thioether (sulfide) groups is 1. The predicted molar refractivity (Wildman–Crippen MR) is 122 cm³/mol. The van der Waals surface area contributed by atoms with Gasteiger partial charge in [-0.15, -0.1) is 11.8 Å². The summed E-state index contributed by atoms with van der Waals surface area (Å²) in [7, 11) is 0. The van der Waals surface area contributed by atoms with Crippen LogP contribution in [0.5, 0.6) is 0 Å². The van der Waals surface area contributed by atoms with E-state index in [0.29, 0.717) is 39.0 Å². The second kappa shape index (κ2) is 9.08. The summed E-state index contributed by atoms with van der Waals surface area (Å²) in [6.07, 6.45) is 1.68. The van der Waals surface area contributed by atoms with E-state index in [1.54, 1.807) is 59.3 Å². The maximum Gasteiger partial charge on any atom is 0.257 e. The summed E-state index contributed by atoms with van der Waals surface area (Å²) in [5.41, 5.74) is 2.75. The monoisotopic (exact) mass is 457 g/mol. The number of carbonyl (C=O) groups is 2. The maximum atomic E-state index is 12.8. The molecule has 1 aliphatic rings. The van der Waals surface area contributed by atoms with Gasteiger partial charge in [0, 0.05) is 35.3 Å². The Morgan fingerprint density at radius 3 is 2.60 bits per heavy atom. The average molecular weight is 458 g/mol. The Balaban J connectivity index is 1.53. The van der Waals surface area contributed by atoms with Gasteiger partial charge in [0.05, 0.1) is 27.2 Å². The van der Waals surface area contributed by atoms with E-state index in [4.69, 9.17) is 23.2 Å². The first-order valence-electron chi connectivity index (χ1n) is 9.22. The summed E-state index contributed by atoms with van der Waals surface area (Å²) in [4.78, 5) is 31.3. The summed E-state index contributed by atoms with van der Waals surface area (Å²) in [5.74, 6) is 1.16. The van der Waals surface area contributed by atoms with Crippen molar-refractivity contribution in [2.45, 2.75) is 0 Å². The molecule has 1 N–H and O–H groups in total. The van der Waals surface area contributed by atoms with E-state index < -0.39 is 0 Å². The SMILES string of the molecule is O=C(Nc1ccc(Cl)c(-c2ccccn2)c1)c1ccc(C(=O)N2CCSC2)cc1Cl. The molecule has 1 fully saturated rings. The third kappa shape index (κ3) is 4.46. The Kier molecular flexibility index (Phi) is 6.27. The summed E-state index contributed by atoms with van der Waals surface area (Å²) < 4.78 is 0. The van der Waals surface area contributed by atoms with Crippen molar-refractivity contribution in [3.63, 3.8) is 0 Å². The number of benzene rings is 2. The minimum atomic E-state index is -0.370. The number of halogens is 2. The number of hydrogen-bond donors (Lipinski definition) is 1. The summed E-state index contributed by atoms with van der Waals surface area (Å²) >= 11 is 14.3. The van der Waals surface area contributed by atoms with E-state index in [1.165, 1.54) is 0 Å². The molecule has 1 aliphatic heterocycles. The zero-order valence-corrected chi connectivity index (χ0v) is 18.1. The van der Waals surface area contributed by atoms with Crippen molar-refractivity contribution in [1.82, 2.24) is 9.88 Å². The second-order valence-corrected chi connectivity index (χ2v) is 8.55. The van der Waals surface area contributed by atoms with Gasteiger partial charge in [0.25, 0.3) is 11.8 Å². The highest BCUT2D eigenvalue weighted by Gasteiger charge is 2.21. The molecular formula is C22H17Cl2N3O2S. The second-order valence-electron chi connectivity index (χ2n) is 6.66. The average Bonchev–Trinajstić information content (AvgIpc) is 3.30. The van der Waals surface area contributed by atoms with Gasteiger partial charge < -0.3 is 10.2 Å². The van der Waals surface area contributed by atoms with E-state index in [-0.39, 0.29) is 16.8 Å². The molecule has 1 saturated heterocycles. The number of nitrogens with zero attached hydrogens (tertiary/aromatic N) is 2. The molecule has 2 heterocycles. The molecule has 0 aliphatic carbocycles. The lowest BCUT2D eigenvalue weighted by Crippen LogP contribution is -2.27. The fourth-order valence-electron chi connectivity index (χ4n) is 3.11. The van der Waals surface area contributed by atoms with Gasteiger partial charge in [-0.1, -0.05) is 29.3 Å². The normalized spacial score (nSPS) is 13.3. The maximum absolute atomic E-state index is 12.8. The van der Waals surface area contributed by atoms with Crippen molar-refractivity contribution in [2.24, 2.45) is 0 Å². The minimum Gasteiger partial charge on any atom is -0.329 e. The molecule has 4 rings (SSSR count). The van der Waals surface area contributed by atoms with Crippen molar-refractivity contribution in [3.8, 4) is 11.3 Å². The van der Waals surface area contributed by atoms with E-state index in [0.717, 1.165) is 12.3 Å². The predicted octanol–water partition coefficient (Wildman–Crippen LogP) is 5.45. The van der Waals surface area contributed by atoms with Crippen molar-refractivity contribution in [2.75, 3.05) is 23.5 Å². The van der Waals surface area contributed by atoms with Crippen LogP contribution in [0.15, 0.2) is 60.8 Å². The summed E-state index contributed by atoms with van der Waals surface area (Å²) in [6, 6.07) is 15.5. The van der Waals surface area contributed by atoms with Gasteiger partial charge in [-0.2, -0.15) is 0 Å². The lowest BCUT2D eigenvalue weighted by molar-refractivity contribution is 0.0802. The third-order valence-corrected chi connectivity index (χ3v) is 6.27. The van der Waals surface area contributed by atoms with Crippen LogP contribution in [0.2, 0.25) is 10.0 Å². The van der Waals surface area contributed by atoms with Crippen LogP contribution in [0.4, 0.5) is 5.69 Å². The Labute approximate surface area is 188 Å². The van der Waals surface area contributed by atoms with Crippen LogP contribution in [-0.4, -0.2) is 39.9 Å². The lowest BCUT2D eigenvalue weighted by Gasteiger charge is -2.15. The molecule has 0 bridgehead atoms. The molecule has 0 atom stereocenters. The van der Waals surface area contributed by atoms with Crippen molar-refractivity contribution >= 4 is 52.5 Å². The molecule has 8 heteroatoms. The molecule has 0 radical (unpaired) electrons. The fourth-order valence-corrected chi connectivity index (χ4v) is 4.53. The molecule has 5 nitrogen and oxygen atoms in total. The van der Waals surface area contributed by atoms with Crippen LogP contribution in [0.25, 0.3) is 11.3 Å². The Bertz CT molecular complexity index is 1100. The Morgan fingerprint density at radius 1 is 1.03 bits per heavy atom. The quantitative estimate of drug-likeness (QED) is 0.565. The van der Waals surface area contributed by atoms with E-state index >= 15 is 0 Å². The highest BCUT2D eigenvalue weighted by atomic mass is 35.5. The van der Waals surface area contributed by atoms with Crippen LogP contribution in [-0.2, 0) is 0 Å².